The lowest BCUT2D eigenvalue weighted by atomic mass is 9.73. The van der Waals surface area contributed by atoms with E-state index in [0.29, 0.717) is 18.0 Å². The van der Waals surface area contributed by atoms with Gasteiger partial charge in [-0.3, -0.25) is 0 Å². The minimum absolute atomic E-state index is 0.281. The maximum Gasteiger partial charge on any atom is 0.0471 e. The standard InChI is InChI=1S/C15H31NO/c1-10(2)14-7-6-11(3)8-15(14)16-13(5)12(4)9-17/h10-17H,6-9H2,1-5H3. The van der Waals surface area contributed by atoms with Crippen molar-refractivity contribution in [1.29, 1.82) is 0 Å². The van der Waals surface area contributed by atoms with Crippen molar-refractivity contribution >= 4 is 0 Å². The van der Waals surface area contributed by atoms with Crippen molar-refractivity contribution in [1.82, 2.24) is 5.32 Å². The van der Waals surface area contributed by atoms with Crippen LogP contribution in [0.3, 0.4) is 0 Å². The van der Waals surface area contributed by atoms with Gasteiger partial charge in [-0.25, -0.2) is 0 Å². The Labute approximate surface area is 107 Å². The maximum absolute atomic E-state index is 9.22. The van der Waals surface area contributed by atoms with Crippen LogP contribution >= 0.6 is 0 Å². The molecule has 0 aromatic rings. The van der Waals surface area contributed by atoms with Crippen LogP contribution in [0.1, 0.15) is 53.9 Å². The summed E-state index contributed by atoms with van der Waals surface area (Å²) in [5, 5.41) is 13.0. The second kappa shape index (κ2) is 6.75. The molecule has 1 saturated carbocycles. The Morgan fingerprint density at radius 3 is 2.35 bits per heavy atom. The summed E-state index contributed by atoms with van der Waals surface area (Å²) in [6.45, 7) is 11.7. The van der Waals surface area contributed by atoms with Gasteiger partial charge in [-0.15, -0.1) is 0 Å². The minimum atomic E-state index is 0.281. The lowest BCUT2D eigenvalue weighted by Crippen LogP contribution is -2.48. The predicted molar refractivity (Wildman–Crippen MR) is 74.0 cm³/mol. The molecule has 0 heterocycles. The molecule has 5 atom stereocenters. The van der Waals surface area contributed by atoms with E-state index >= 15 is 0 Å². The second-order valence-electron chi connectivity index (χ2n) is 6.55. The topological polar surface area (TPSA) is 32.3 Å². The molecule has 0 saturated heterocycles. The molecular formula is C15H31NO. The molecule has 0 aliphatic heterocycles. The molecule has 1 aliphatic carbocycles. The highest BCUT2D eigenvalue weighted by Gasteiger charge is 2.31. The molecular weight excluding hydrogens is 210 g/mol. The van der Waals surface area contributed by atoms with Gasteiger partial charge in [0.25, 0.3) is 0 Å². The van der Waals surface area contributed by atoms with Gasteiger partial charge in [0.05, 0.1) is 0 Å². The zero-order chi connectivity index (χ0) is 13.0. The number of hydrogen-bond acceptors (Lipinski definition) is 2. The summed E-state index contributed by atoms with van der Waals surface area (Å²) in [5.74, 6) is 2.76. The maximum atomic E-state index is 9.22. The average molecular weight is 241 g/mol. The molecule has 2 nitrogen and oxygen atoms in total. The quantitative estimate of drug-likeness (QED) is 0.775. The number of aliphatic hydroxyl groups is 1. The fraction of sp³-hybridized carbons (Fsp3) is 1.00. The van der Waals surface area contributed by atoms with E-state index in [1.165, 1.54) is 19.3 Å². The van der Waals surface area contributed by atoms with Crippen LogP contribution in [0.5, 0.6) is 0 Å². The van der Waals surface area contributed by atoms with E-state index < -0.39 is 0 Å². The summed E-state index contributed by atoms with van der Waals surface area (Å²) in [4.78, 5) is 0. The van der Waals surface area contributed by atoms with Crippen molar-refractivity contribution in [3.8, 4) is 0 Å². The van der Waals surface area contributed by atoms with Gasteiger partial charge in [0.15, 0.2) is 0 Å². The summed E-state index contributed by atoms with van der Waals surface area (Å²) >= 11 is 0. The van der Waals surface area contributed by atoms with Crippen molar-refractivity contribution in [3.63, 3.8) is 0 Å². The first-order valence-electron chi connectivity index (χ1n) is 7.32. The molecule has 17 heavy (non-hydrogen) atoms. The predicted octanol–water partition coefficient (Wildman–Crippen LogP) is 3.05. The Bertz CT molecular complexity index is 217. The fourth-order valence-corrected chi connectivity index (χ4v) is 3.05. The average Bonchev–Trinajstić information content (AvgIpc) is 2.27. The summed E-state index contributed by atoms with van der Waals surface area (Å²) in [6, 6.07) is 1.05. The molecule has 0 bridgehead atoms. The van der Waals surface area contributed by atoms with Gasteiger partial charge in [-0.05, 0) is 43.4 Å². The van der Waals surface area contributed by atoms with Crippen molar-refractivity contribution in [3.05, 3.63) is 0 Å². The van der Waals surface area contributed by atoms with Crippen molar-refractivity contribution in [2.45, 2.75) is 66.0 Å². The molecule has 1 fully saturated rings. The van der Waals surface area contributed by atoms with E-state index in [2.05, 4.69) is 39.9 Å². The van der Waals surface area contributed by atoms with E-state index in [-0.39, 0.29) is 6.61 Å². The van der Waals surface area contributed by atoms with Gasteiger partial charge in [0.1, 0.15) is 0 Å². The highest BCUT2D eigenvalue weighted by atomic mass is 16.3. The van der Waals surface area contributed by atoms with E-state index in [1.54, 1.807) is 0 Å². The second-order valence-corrected chi connectivity index (χ2v) is 6.55. The SMILES string of the molecule is CC1CCC(C(C)C)C(NC(C)C(C)CO)C1. The molecule has 102 valence electrons. The molecule has 2 N–H and O–H groups in total. The van der Waals surface area contributed by atoms with Crippen LogP contribution in [0.15, 0.2) is 0 Å². The largest absolute Gasteiger partial charge is 0.396 e. The fourth-order valence-electron chi connectivity index (χ4n) is 3.05. The molecule has 0 radical (unpaired) electrons. The highest BCUT2D eigenvalue weighted by Crippen LogP contribution is 2.33. The third-order valence-electron chi connectivity index (χ3n) is 4.64. The van der Waals surface area contributed by atoms with Crippen LogP contribution < -0.4 is 5.32 Å². The zero-order valence-corrected chi connectivity index (χ0v) is 12.2. The molecule has 0 spiro atoms. The van der Waals surface area contributed by atoms with E-state index in [4.69, 9.17) is 0 Å². The number of hydrogen-bond donors (Lipinski definition) is 2. The number of nitrogens with one attached hydrogen (secondary N) is 1. The number of rotatable bonds is 5. The van der Waals surface area contributed by atoms with Crippen LogP contribution in [-0.4, -0.2) is 23.8 Å². The Kier molecular flexibility index (Phi) is 5.94. The normalized spacial score (nSPS) is 33.7. The van der Waals surface area contributed by atoms with Crippen molar-refractivity contribution in [2.75, 3.05) is 6.61 Å². The first kappa shape index (κ1) is 15.0. The lowest BCUT2D eigenvalue weighted by molar-refractivity contribution is 0.136. The smallest absolute Gasteiger partial charge is 0.0471 e. The molecule has 5 unspecified atom stereocenters. The van der Waals surface area contributed by atoms with Crippen LogP contribution in [0.4, 0.5) is 0 Å². The molecule has 0 amide bonds. The first-order chi connectivity index (χ1) is 7.95. The first-order valence-corrected chi connectivity index (χ1v) is 7.32. The van der Waals surface area contributed by atoms with E-state index in [9.17, 15) is 5.11 Å². The molecule has 1 rings (SSSR count). The van der Waals surface area contributed by atoms with Crippen LogP contribution in [0, 0.1) is 23.7 Å². The third-order valence-corrected chi connectivity index (χ3v) is 4.64. The highest BCUT2D eigenvalue weighted by molar-refractivity contribution is 4.87. The van der Waals surface area contributed by atoms with E-state index in [0.717, 1.165) is 17.8 Å². The van der Waals surface area contributed by atoms with Gasteiger partial charge in [-0.2, -0.15) is 0 Å². The monoisotopic (exact) mass is 241 g/mol. The summed E-state index contributed by atoms with van der Waals surface area (Å²) in [7, 11) is 0. The zero-order valence-electron chi connectivity index (χ0n) is 12.2. The summed E-state index contributed by atoms with van der Waals surface area (Å²) in [5.41, 5.74) is 0. The molecule has 0 aromatic heterocycles. The van der Waals surface area contributed by atoms with Crippen LogP contribution in [0.25, 0.3) is 0 Å². The van der Waals surface area contributed by atoms with E-state index in [1.807, 2.05) is 0 Å². The Morgan fingerprint density at radius 1 is 1.18 bits per heavy atom. The summed E-state index contributed by atoms with van der Waals surface area (Å²) < 4.78 is 0. The van der Waals surface area contributed by atoms with Gasteiger partial charge in [-0.1, -0.05) is 34.1 Å². The van der Waals surface area contributed by atoms with Gasteiger partial charge < -0.3 is 10.4 Å². The van der Waals surface area contributed by atoms with Gasteiger partial charge in [0.2, 0.25) is 0 Å². The Hall–Kier alpha value is -0.0800. The molecule has 0 aromatic carbocycles. The summed E-state index contributed by atoms with van der Waals surface area (Å²) in [6.07, 6.45) is 4.03. The van der Waals surface area contributed by atoms with Gasteiger partial charge in [0, 0.05) is 18.7 Å². The molecule has 1 aliphatic rings. The van der Waals surface area contributed by atoms with Crippen molar-refractivity contribution in [2.24, 2.45) is 23.7 Å². The Balaban J connectivity index is 2.57. The van der Waals surface area contributed by atoms with Gasteiger partial charge >= 0.3 is 0 Å². The number of aliphatic hydroxyl groups excluding tert-OH is 1. The van der Waals surface area contributed by atoms with Crippen molar-refractivity contribution < 1.29 is 5.11 Å². The molecule has 2 heteroatoms. The van der Waals surface area contributed by atoms with Crippen LogP contribution in [-0.2, 0) is 0 Å². The third kappa shape index (κ3) is 4.26. The Morgan fingerprint density at radius 2 is 1.82 bits per heavy atom. The van der Waals surface area contributed by atoms with Crippen LogP contribution in [0.2, 0.25) is 0 Å². The lowest BCUT2D eigenvalue weighted by Gasteiger charge is -2.40. The minimum Gasteiger partial charge on any atom is -0.396 e.